The Labute approximate surface area is 151 Å². The molecule has 6 nitrogen and oxygen atoms in total. The first kappa shape index (κ1) is 15.4. The van der Waals surface area contributed by atoms with E-state index in [4.69, 9.17) is 5.10 Å². The number of rotatable bonds is 4. The fraction of sp³-hybridized carbons (Fsp3) is 0.350. The zero-order valence-electron chi connectivity index (χ0n) is 14.5. The normalized spacial score (nSPS) is 19.2. The van der Waals surface area contributed by atoms with Crippen LogP contribution in [-0.2, 0) is 13.0 Å². The number of carbonyl (C=O) groups excluding carboxylic acids is 1. The molecule has 0 unspecified atom stereocenters. The predicted octanol–water partition coefficient (Wildman–Crippen LogP) is 2.69. The minimum absolute atomic E-state index is 0.0539. The summed E-state index contributed by atoms with van der Waals surface area (Å²) in [4.78, 5) is 17.4. The zero-order chi connectivity index (χ0) is 17.5. The van der Waals surface area contributed by atoms with Crippen molar-refractivity contribution in [2.45, 2.75) is 44.2 Å². The van der Waals surface area contributed by atoms with Gasteiger partial charge in [0.25, 0.3) is 5.91 Å². The van der Waals surface area contributed by atoms with Crippen LogP contribution in [0.2, 0.25) is 0 Å². The summed E-state index contributed by atoms with van der Waals surface area (Å²) < 4.78 is 3.91. The molecule has 132 valence electrons. The Kier molecular flexibility index (Phi) is 3.62. The molecule has 2 aliphatic rings. The SMILES string of the molecule is O=C(N[C@@H]1CCc2nccn2C1)c1cc(C2CC2)nn1-c1ccccc1. The molecule has 1 aliphatic heterocycles. The van der Waals surface area contributed by atoms with Crippen LogP contribution in [0.4, 0.5) is 0 Å². The van der Waals surface area contributed by atoms with E-state index in [0.717, 1.165) is 36.6 Å². The summed E-state index contributed by atoms with van der Waals surface area (Å²) in [6.07, 6.45) is 7.94. The monoisotopic (exact) mass is 347 g/mol. The van der Waals surface area contributed by atoms with E-state index in [1.165, 1.54) is 12.8 Å². The molecule has 26 heavy (non-hydrogen) atoms. The molecular formula is C20H21N5O. The van der Waals surface area contributed by atoms with E-state index in [-0.39, 0.29) is 11.9 Å². The van der Waals surface area contributed by atoms with Crippen LogP contribution >= 0.6 is 0 Å². The lowest BCUT2D eigenvalue weighted by Crippen LogP contribution is -2.41. The topological polar surface area (TPSA) is 64.7 Å². The minimum Gasteiger partial charge on any atom is -0.346 e. The Bertz CT molecular complexity index is 938. The third-order valence-corrected chi connectivity index (χ3v) is 5.23. The highest BCUT2D eigenvalue weighted by Crippen LogP contribution is 2.39. The number of aryl methyl sites for hydroxylation is 1. The Morgan fingerprint density at radius 3 is 2.81 bits per heavy atom. The first-order chi connectivity index (χ1) is 12.8. The average molecular weight is 347 g/mol. The maximum atomic E-state index is 13.0. The molecule has 1 aromatic carbocycles. The number of nitrogens with one attached hydrogen (secondary N) is 1. The fourth-order valence-corrected chi connectivity index (χ4v) is 3.65. The molecule has 1 aliphatic carbocycles. The molecule has 1 saturated carbocycles. The van der Waals surface area contributed by atoms with Crippen LogP contribution in [-0.4, -0.2) is 31.3 Å². The van der Waals surface area contributed by atoms with Gasteiger partial charge in [0.05, 0.1) is 11.4 Å². The standard InChI is InChI=1S/C20H21N5O/c26-20(22-15-8-9-19-21-10-11-24(19)13-15)18-12-17(14-6-7-14)23-25(18)16-4-2-1-3-5-16/h1-5,10-12,14-15H,6-9,13H2,(H,22,26)/t15-/m1/s1. The van der Waals surface area contributed by atoms with Crippen LogP contribution in [0.5, 0.6) is 0 Å². The van der Waals surface area contributed by atoms with E-state index < -0.39 is 0 Å². The van der Waals surface area contributed by atoms with E-state index in [2.05, 4.69) is 14.9 Å². The highest BCUT2D eigenvalue weighted by Gasteiger charge is 2.30. The van der Waals surface area contributed by atoms with E-state index in [0.29, 0.717) is 11.6 Å². The lowest BCUT2D eigenvalue weighted by molar-refractivity contribution is 0.0919. The molecule has 0 radical (unpaired) electrons. The van der Waals surface area contributed by atoms with Gasteiger partial charge >= 0.3 is 0 Å². The molecule has 0 spiro atoms. The van der Waals surface area contributed by atoms with Crippen molar-refractivity contribution in [3.63, 3.8) is 0 Å². The smallest absolute Gasteiger partial charge is 0.270 e. The molecule has 1 amide bonds. The van der Waals surface area contributed by atoms with Gasteiger partial charge in [-0.1, -0.05) is 18.2 Å². The van der Waals surface area contributed by atoms with Crippen molar-refractivity contribution in [3.05, 3.63) is 66.0 Å². The number of amides is 1. The molecule has 1 N–H and O–H groups in total. The van der Waals surface area contributed by atoms with E-state index in [1.807, 2.05) is 48.8 Å². The maximum absolute atomic E-state index is 13.0. The third-order valence-electron chi connectivity index (χ3n) is 5.23. The van der Waals surface area contributed by atoms with Gasteiger partial charge in [0.15, 0.2) is 0 Å². The summed E-state index contributed by atoms with van der Waals surface area (Å²) in [5, 5.41) is 7.93. The summed E-state index contributed by atoms with van der Waals surface area (Å²) in [6, 6.07) is 12.0. The maximum Gasteiger partial charge on any atom is 0.270 e. The first-order valence-electron chi connectivity index (χ1n) is 9.24. The number of carbonyl (C=O) groups is 1. The van der Waals surface area contributed by atoms with Crippen molar-refractivity contribution in [1.82, 2.24) is 24.6 Å². The number of para-hydroxylation sites is 1. The van der Waals surface area contributed by atoms with Gasteiger partial charge in [0, 0.05) is 37.3 Å². The fourth-order valence-electron chi connectivity index (χ4n) is 3.65. The number of fused-ring (bicyclic) bond motifs is 1. The molecule has 5 rings (SSSR count). The average Bonchev–Trinajstić information content (AvgIpc) is 3.25. The summed E-state index contributed by atoms with van der Waals surface area (Å²) in [5.74, 6) is 1.55. The van der Waals surface area contributed by atoms with Crippen molar-refractivity contribution in [3.8, 4) is 5.69 Å². The van der Waals surface area contributed by atoms with Gasteiger partial charge in [-0.3, -0.25) is 4.79 Å². The molecule has 3 heterocycles. The Morgan fingerprint density at radius 1 is 1.15 bits per heavy atom. The zero-order valence-corrected chi connectivity index (χ0v) is 14.5. The largest absolute Gasteiger partial charge is 0.346 e. The van der Waals surface area contributed by atoms with Gasteiger partial charge in [0.1, 0.15) is 11.5 Å². The number of imidazole rings is 1. The molecule has 2 aromatic heterocycles. The van der Waals surface area contributed by atoms with Crippen molar-refractivity contribution in [2.24, 2.45) is 0 Å². The van der Waals surface area contributed by atoms with Gasteiger partial charge in [-0.25, -0.2) is 9.67 Å². The Balaban J connectivity index is 1.41. The number of benzene rings is 1. The number of nitrogens with zero attached hydrogens (tertiary/aromatic N) is 4. The summed E-state index contributed by atoms with van der Waals surface area (Å²) in [7, 11) is 0. The minimum atomic E-state index is -0.0539. The predicted molar refractivity (Wildman–Crippen MR) is 97.3 cm³/mol. The first-order valence-corrected chi connectivity index (χ1v) is 9.24. The van der Waals surface area contributed by atoms with Crippen LogP contribution in [0.25, 0.3) is 5.69 Å². The van der Waals surface area contributed by atoms with Crippen molar-refractivity contribution in [2.75, 3.05) is 0 Å². The van der Waals surface area contributed by atoms with E-state index >= 15 is 0 Å². The molecule has 3 aromatic rings. The van der Waals surface area contributed by atoms with Crippen LogP contribution < -0.4 is 5.32 Å². The lowest BCUT2D eigenvalue weighted by atomic mass is 10.1. The molecule has 1 fully saturated rings. The van der Waals surface area contributed by atoms with Crippen LogP contribution in [0.15, 0.2) is 48.8 Å². The van der Waals surface area contributed by atoms with Gasteiger partial charge in [0.2, 0.25) is 0 Å². The van der Waals surface area contributed by atoms with Crippen molar-refractivity contribution >= 4 is 5.91 Å². The summed E-state index contributed by atoms with van der Waals surface area (Å²) in [6.45, 7) is 0.774. The van der Waals surface area contributed by atoms with Gasteiger partial charge in [-0.05, 0) is 37.5 Å². The van der Waals surface area contributed by atoms with Crippen molar-refractivity contribution < 1.29 is 4.79 Å². The quantitative estimate of drug-likeness (QED) is 0.789. The van der Waals surface area contributed by atoms with Crippen LogP contribution in [0, 0.1) is 0 Å². The number of aromatic nitrogens is 4. The highest BCUT2D eigenvalue weighted by atomic mass is 16.2. The Hall–Kier alpha value is -2.89. The number of hydrogen-bond acceptors (Lipinski definition) is 3. The second-order valence-corrected chi connectivity index (χ2v) is 7.18. The van der Waals surface area contributed by atoms with Gasteiger partial charge in [-0.15, -0.1) is 0 Å². The van der Waals surface area contributed by atoms with Gasteiger partial charge in [-0.2, -0.15) is 5.10 Å². The third kappa shape index (κ3) is 2.81. The van der Waals surface area contributed by atoms with Crippen LogP contribution in [0.3, 0.4) is 0 Å². The van der Waals surface area contributed by atoms with E-state index in [9.17, 15) is 4.79 Å². The number of hydrogen-bond donors (Lipinski definition) is 1. The lowest BCUT2D eigenvalue weighted by Gasteiger charge is -2.24. The summed E-state index contributed by atoms with van der Waals surface area (Å²) in [5.41, 5.74) is 2.57. The molecule has 1 atom stereocenters. The molecule has 6 heteroatoms. The Morgan fingerprint density at radius 2 is 2.00 bits per heavy atom. The second kappa shape index (κ2) is 6.12. The van der Waals surface area contributed by atoms with Crippen molar-refractivity contribution in [1.29, 1.82) is 0 Å². The molecule has 0 bridgehead atoms. The van der Waals surface area contributed by atoms with Gasteiger partial charge < -0.3 is 9.88 Å². The van der Waals surface area contributed by atoms with Crippen LogP contribution in [0.1, 0.15) is 47.2 Å². The molecular weight excluding hydrogens is 326 g/mol. The highest BCUT2D eigenvalue weighted by molar-refractivity contribution is 5.93. The second-order valence-electron chi connectivity index (χ2n) is 7.18. The summed E-state index contributed by atoms with van der Waals surface area (Å²) >= 11 is 0. The molecule has 0 saturated heterocycles. The van der Waals surface area contributed by atoms with E-state index in [1.54, 1.807) is 4.68 Å².